The fourth-order valence-electron chi connectivity index (χ4n) is 2.62. The van der Waals surface area contributed by atoms with Gasteiger partial charge in [-0.2, -0.15) is 0 Å². The van der Waals surface area contributed by atoms with E-state index in [1.807, 2.05) is 30.5 Å². The number of hydrogen-bond acceptors (Lipinski definition) is 2. The zero-order valence-electron chi connectivity index (χ0n) is 12.6. The molecule has 0 aliphatic rings. The number of amides is 1. The predicted octanol–water partition coefficient (Wildman–Crippen LogP) is 3.35. The summed E-state index contributed by atoms with van der Waals surface area (Å²) in [5, 5.41) is 13.0. The fourth-order valence-corrected chi connectivity index (χ4v) is 3.11. The van der Waals surface area contributed by atoms with Gasteiger partial charge in [-0.15, -0.1) is 0 Å². The number of nitrogens with one attached hydrogen (secondary N) is 1. The Hall–Kier alpha value is -2.60. The van der Waals surface area contributed by atoms with Gasteiger partial charge in [-0.25, -0.2) is 4.79 Å². The van der Waals surface area contributed by atoms with E-state index < -0.39 is 12.0 Å². The predicted molar refractivity (Wildman–Crippen MR) is 94.6 cm³/mol. The van der Waals surface area contributed by atoms with Gasteiger partial charge in [0, 0.05) is 21.6 Å². The van der Waals surface area contributed by atoms with Crippen molar-refractivity contribution in [2.45, 2.75) is 12.6 Å². The molecule has 0 aliphatic heterocycles. The van der Waals surface area contributed by atoms with Crippen LogP contribution in [0.4, 0.5) is 0 Å². The molecule has 6 heteroatoms. The van der Waals surface area contributed by atoms with Crippen LogP contribution in [0.2, 0.25) is 0 Å². The molecule has 0 saturated carbocycles. The van der Waals surface area contributed by atoms with Gasteiger partial charge in [-0.3, -0.25) is 4.79 Å². The number of benzene rings is 2. The lowest BCUT2D eigenvalue weighted by molar-refractivity contribution is -0.142. The molecule has 0 aliphatic carbocycles. The van der Waals surface area contributed by atoms with E-state index in [2.05, 4.69) is 21.2 Å². The Labute approximate surface area is 147 Å². The van der Waals surface area contributed by atoms with Crippen molar-refractivity contribution < 1.29 is 14.7 Å². The highest BCUT2D eigenvalue weighted by atomic mass is 79.9. The molecule has 1 atom stereocenters. The first-order valence-corrected chi connectivity index (χ1v) is 8.16. The van der Waals surface area contributed by atoms with Crippen LogP contribution in [0.1, 0.15) is 11.6 Å². The smallest absolute Gasteiger partial charge is 0.330 e. The lowest BCUT2D eigenvalue weighted by Crippen LogP contribution is -2.35. The second kappa shape index (κ2) is 6.88. The molecule has 3 rings (SSSR count). The first-order valence-electron chi connectivity index (χ1n) is 7.37. The van der Waals surface area contributed by atoms with E-state index in [1.165, 1.54) is 0 Å². The Bertz CT molecular complexity index is 890. The summed E-state index contributed by atoms with van der Waals surface area (Å²) in [6.45, 7) is 0.0521. The molecule has 1 amide bonds. The number of rotatable bonds is 5. The summed E-state index contributed by atoms with van der Waals surface area (Å²) in [7, 11) is 0. The Balaban J connectivity index is 1.79. The number of nitrogens with zero attached hydrogens (tertiary/aromatic N) is 1. The number of halogens is 1. The molecule has 1 heterocycles. The minimum Gasteiger partial charge on any atom is -0.479 e. The number of hydrogen-bond donors (Lipinski definition) is 2. The number of carbonyl (C=O) groups is 2. The SMILES string of the molecule is O=C(Cn1ccc2c(Br)cccc21)N[C@H](C(=O)O)c1ccccc1. The van der Waals surface area contributed by atoms with Crippen molar-refractivity contribution in [1.29, 1.82) is 0 Å². The van der Waals surface area contributed by atoms with Crippen molar-refractivity contribution in [1.82, 2.24) is 9.88 Å². The van der Waals surface area contributed by atoms with Crippen LogP contribution in [0.5, 0.6) is 0 Å². The summed E-state index contributed by atoms with van der Waals surface area (Å²) in [6.07, 6.45) is 1.81. The lowest BCUT2D eigenvalue weighted by Gasteiger charge is -2.15. The molecule has 0 spiro atoms. The average Bonchev–Trinajstić information content (AvgIpc) is 2.97. The van der Waals surface area contributed by atoms with E-state index in [0.29, 0.717) is 5.56 Å². The summed E-state index contributed by atoms with van der Waals surface area (Å²) < 4.78 is 2.74. The zero-order valence-corrected chi connectivity index (χ0v) is 14.2. The number of fused-ring (bicyclic) bond motifs is 1. The highest BCUT2D eigenvalue weighted by molar-refractivity contribution is 9.10. The van der Waals surface area contributed by atoms with Gasteiger partial charge < -0.3 is 15.0 Å². The summed E-state index contributed by atoms with van der Waals surface area (Å²) in [4.78, 5) is 23.8. The van der Waals surface area contributed by atoms with Crippen molar-refractivity contribution in [2.24, 2.45) is 0 Å². The second-order valence-corrected chi connectivity index (χ2v) is 6.22. The van der Waals surface area contributed by atoms with Crippen molar-refractivity contribution in [3.63, 3.8) is 0 Å². The average molecular weight is 387 g/mol. The maximum atomic E-state index is 12.3. The second-order valence-electron chi connectivity index (χ2n) is 5.37. The largest absolute Gasteiger partial charge is 0.479 e. The molecule has 0 fully saturated rings. The lowest BCUT2D eigenvalue weighted by atomic mass is 10.1. The highest BCUT2D eigenvalue weighted by Crippen LogP contribution is 2.24. The quantitative estimate of drug-likeness (QED) is 0.706. The monoisotopic (exact) mass is 386 g/mol. The van der Waals surface area contributed by atoms with Crippen LogP contribution in [-0.4, -0.2) is 21.6 Å². The standard InChI is InChI=1S/C18H15BrN2O3/c19-14-7-4-8-15-13(14)9-10-21(15)11-16(22)20-17(18(23)24)12-5-2-1-3-6-12/h1-10,17H,11H2,(H,20,22)(H,23,24)/t17-/m0/s1. The zero-order chi connectivity index (χ0) is 17.1. The van der Waals surface area contributed by atoms with Gasteiger partial charge in [0.25, 0.3) is 0 Å². The van der Waals surface area contributed by atoms with Gasteiger partial charge in [0.15, 0.2) is 6.04 Å². The normalized spacial score (nSPS) is 12.0. The Kier molecular flexibility index (Phi) is 4.66. The summed E-state index contributed by atoms with van der Waals surface area (Å²) in [5.41, 5.74) is 1.45. The van der Waals surface area contributed by atoms with Gasteiger partial charge >= 0.3 is 5.97 Å². The van der Waals surface area contributed by atoms with E-state index in [1.54, 1.807) is 34.9 Å². The maximum Gasteiger partial charge on any atom is 0.330 e. The molecule has 0 saturated heterocycles. The van der Waals surface area contributed by atoms with E-state index in [4.69, 9.17) is 0 Å². The molecule has 1 aromatic heterocycles. The molecule has 0 bridgehead atoms. The summed E-state index contributed by atoms with van der Waals surface area (Å²) >= 11 is 3.47. The Morgan fingerprint density at radius 3 is 2.54 bits per heavy atom. The van der Waals surface area contributed by atoms with E-state index in [9.17, 15) is 14.7 Å². The van der Waals surface area contributed by atoms with E-state index in [-0.39, 0.29) is 12.5 Å². The van der Waals surface area contributed by atoms with Crippen molar-refractivity contribution in [2.75, 3.05) is 0 Å². The Morgan fingerprint density at radius 1 is 1.08 bits per heavy atom. The number of carboxylic acids is 1. The molecule has 122 valence electrons. The van der Waals surface area contributed by atoms with Crippen molar-refractivity contribution >= 4 is 38.7 Å². The van der Waals surface area contributed by atoms with Crippen LogP contribution in [0.15, 0.2) is 65.3 Å². The molecule has 2 aromatic carbocycles. The topological polar surface area (TPSA) is 71.3 Å². The minimum atomic E-state index is -1.09. The van der Waals surface area contributed by atoms with Crippen molar-refractivity contribution in [3.05, 3.63) is 70.8 Å². The number of carboxylic acid groups (broad SMARTS) is 1. The molecule has 2 N–H and O–H groups in total. The van der Waals surface area contributed by atoms with Crippen LogP contribution >= 0.6 is 15.9 Å². The molecule has 3 aromatic rings. The van der Waals surface area contributed by atoms with E-state index in [0.717, 1.165) is 15.4 Å². The highest BCUT2D eigenvalue weighted by Gasteiger charge is 2.22. The molecule has 0 radical (unpaired) electrons. The third-order valence-corrected chi connectivity index (χ3v) is 4.45. The molecular weight excluding hydrogens is 372 g/mol. The third-order valence-electron chi connectivity index (χ3n) is 3.76. The first kappa shape index (κ1) is 16.3. The molecule has 24 heavy (non-hydrogen) atoms. The van der Waals surface area contributed by atoms with Crippen LogP contribution in [-0.2, 0) is 16.1 Å². The van der Waals surface area contributed by atoms with Crippen LogP contribution in [0, 0.1) is 0 Å². The van der Waals surface area contributed by atoms with Gasteiger partial charge in [0.2, 0.25) is 5.91 Å². The molecule has 5 nitrogen and oxygen atoms in total. The van der Waals surface area contributed by atoms with Gasteiger partial charge in [-0.1, -0.05) is 52.3 Å². The molecular formula is C18H15BrN2O3. The van der Waals surface area contributed by atoms with Gasteiger partial charge in [0.1, 0.15) is 6.54 Å². The first-order chi connectivity index (χ1) is 11.6. The summed E-state index contributed by atoms with van der Waals surface area (Å²) in [6, 6.07) is 15.2. The number of carbonyl (C=O) groups excluding carboxylic acids is 1. The number of aliphatic carboxylic acids is 1. The van der Waals surface area contributed by atoms with E-state index >= 15 is 0 Å². The van der Waals surface area contributed by atoms with Crippen molar-refractivity contribution in [3.8, 4) is 0 Å². The maximum absolute atomic E-state index is 12.3. The van der Waals surface area contributed by atoms with Gasteiger partial charge in [-0.05, 0) is 23.8 Å². The summed E-state index contributed by atoms with van der Waals surface area (Å²) in [5.74, 6) is -1.45. The Morgan fingerprint density at radius 2 is 1.83 bits per heavy atom. The van der Waals surface area contributed by atoms with Gasteiger partial charge in [0.05, 0.1) is 0 Å². The third kappa shape index (κ3) is 3.33. The minimum absolute atomic E-state index is 0.0521. The fraction of sp³-hybridized carbons (Fsp3) is 0.111. The molecule has 0 unspecified atom stereocenters. The van der Waals surface area contributed by atoms with Crippen LogP contribution in [0.3, 0.4) is 0 Å². The van der Waals surface area contributed by atoms with Crippen LogP contribution < -0.4 is 5.32 Å². The van der Waals surface area contributed by atoms with Crippen LogP contribution in [0.25, 0.3) is 10.9 Å². The number of aromatic nitrogens is 1.